The van der Waals surface area contributed by atoms with Crippen LogP contribution >= 0.6 is 0 Å². The Kier molecular flexibility index (Phi) is 5.11. The number of methoxy groups -OCH3 is 2. The molecular weight excluding hydrogens is 238 g/mol. The Hall–Kier alpha value is -1.60. The van der Waals surface area contributed by atoms with Gasteiger partial charge in [0.1, 0.15) is 0 Å². The average molecular weight is 257 g/mol. The quantitative estimate of drug-likeness (QED) is 0.635. The molecule has 0 aliphatic heterocycles. The lowest BCUT2D eigenvalue weighted by Crippen LogP contribution is -2.35. The van der Waals surface area contributed by atoms with Gasteiger partial charge in [-0.1, -0.05) is 0 Å². The van der Waals surface area contributed by atoms with Gasteiger partial charge in [0.05, 0.1) is 19.0 Å². The largest absolute Gasteiger partial charge is 0.489 e. The number of aromatic amines is 1. The molecule has 1 atom stereocenters. The van der Waals surface area contributed by atoms with Crippen molar-refractivity contribution in [2.45, 2.75) is 18.9 Å². The van der Waals surface area contributed by atoms with E-state index < -0.39 is 5.60 Å². The molecule has 3 N–H and O–H groups in total. The van der Waals surface area contributed by atoms with Gasteiger partial charge < -0.3 is 24.9 Å². The first-order valence-electron chi connectivity index (χ1n) is 5.57. The third kappa shape index (κ3) is 4.01. The van der Waals surface area contributed by atoms with Gasteiger partial charge in [0.2, 0.25) is 5.75 Å². The van der Waals surface area contributed by atoms with Gasteiger partial charge in [-0.05, 0) is 6.92 Å². The van der Waals surface area contributed by atoms with Crippen LogP contribution in [0.1, 0.15) is 13.3 Å². The summed E-state index contributed by atoms with van der Waals surface area (Å²) < 4.78 is 9.86. The molecule has 1 heterocycles. The number of H-pyrrole nitrogens is 1. The molecule has 0 bridgehead atoms. The highest BCUT2D eigenvalue weighted by molar-refractivity contribution is 5.48. The van der Waals surface area contributed by atoms with Crippen molar-refractivity contribution >= 4 is 5.82 Å². The second-order valence-corrected chi connectivity index (χ2v) is 4.21. The van der Waals surface area contributed by atoms with Crippen molar-refractivity contribution < 1.29 is 14.6 Å². The van der Waals surface area contributed by atoms with Crippen LogP contribution in [0.2, 0.25) is 0 Å². The van der Waals surface area contributed by atoms with E-state index in [0.717, 1.165) is 0 Å². The summed E-state index contributed by atoms with van der Waals surface area (Å²) in [6, 6.07) is 0. The second-order valence-electron chi connectivity index (χ2n) is 4.21. The maximum atomic E-state index is 11.4. The predicted molar refractivity (Wildman–Crippen MR) is 67.0 cm³/mol. The monoisotopic (exact) mass is 257 g/mol. The zero-order chi connectivity index (χ0) is 13.6. The number of aromatic nitrogens is 2. The molecule has 0 amide bonds. The van der Waals surface area contributed by atoms with E-state index in [2.05, 4.69) is 15.3 Å². The molecule has 0 aromatic carbocycles. The van der Waals surface area contributed by atoms with Gasteiger partial charge in [-0.2, -0.15) is 0 Å². The highest BCUT2D eigenvalue weighted by atomic mass is 16.5. The molecule has 18 heavy (non-hydrogen) atoms. The summed E-state index contributed by atoms with van der Waals surface area (Å²) in [5.74, 6) is 0.402. The lowest BCUT2D eigenvalue weighted by atomic mass is 10.0. The summed E-state index contributed by atoms with van der Waals surface area (Å²) in [6.45, 7) is 2.37. The maximum absolute atomic E-state index is 11.4. The van der Waals surface area contributed by atoms with Gasteiger partial charge in [0.15, 0.2) is 5.82 Å². The Morgan fingerprint density at radius 2 is 2.28 bits per heavy atom. The first-order chi connectivity index (χ1) is 8.50. The molecule has 0 saturated heterocycles. The van der Waals surface area contributed by atoms with Gasteiger partial charge in [0, 0.05) is 26.7 Å². The fourth-order valence-corrected chi connectivity index (χ4v) is 1.39. The number of hydrogen-bond acceptors (Lipinski definition) is 6. The SMILES string of the molecule is COCCC(C)(O)CNc1nc[nH]c(=O)c1OC. The molecule has 0 aliphatic carbocycles. The smallest absolute Gasteiger partial charge is 0.295 e. The van der Waals surface area contributed by atoms with Crippen molar-refractivity contribution in [1.29, 1.82) is 0 Å². The van der Waals surface area contributed by atoms with Gasteiger partial charge in [-0.15, -0.1) is 0 Å². The highest BCUT2D eigenvalue weighted by Crippen LogP contribution is 2.17. The fourth-order valence-electron chi connectivity index (χ4n) is 1.39. The summed E-state index contributed by atoms with van der Waals surface area (Å²) >= 11 is 0. The van der Waals surface area contributed by atoms with E-state index in [0.29, 0.717) is 18.8 Å². The molecule has 0 spiro atoms. The topological polar surface area (TPSA) is 96.5 Å². The average Bonchev–Trinajstić information content (AvgIpc) is 2.34. The Balaban J connectivity index is 2.68. The normalized spacial score (nSPS) is 14.0. The number of rotatable bonds is 7. The summed E-state index contributed by atoms with van der Waals surface area (Å²) in [5.41, 5.74) is -1.32. The van der Waals surface area contributed by atoms with E-state index in [1.807, 2.05) is 0 Å². The predicted octanol–water partition coefficient (Wildman–Crippen LogP) is -0.0221. The first kappa shape index (κ1) is 14.5. The van der Waals surface area contributed by atoms with Gasteiger partial charge in [-0.25, -0.2) is 4.98 Å². The van der Waals surface area contributed by atoms with Crippen molar-refractivity contribution in [3.63, 3.8) is 0 Å². The van der Waals surface area contributed by atoms with E-state index >= 15 is 0 Å². The number of ether oxygens (including phenoxy) is 2. The number of anilines is 1. The van der Waals surface area contributed by atoms with Crippen LogP contribution < -0.4 is 15.6 Å². The van der Waals surface area contributed by atoms with Crippen molar-refractivity contribution in [2.75, 3.05) is 32.7 Å². The van der Waals surface area contributed by atoms with Gasteiger partial charge >= 0.3 is 0 Å². The van der Waals surface area contributed by atoms with Crippen LogP contribution in [-0.4, -0.2) is 48.0 Å². The van der Waals surface area contributed by atoms with Crippen LogP contribution in [0.15, 0.2) is 11.1 Å². The van der Waals surface area contributed by atoms with Crippen LogP contribution in [0.3, 0.4) is 0 Å². The van der Waals surface area contributed by atoms with E-state index in [1.54, 1.807) is 14.0 Å². The Morgan fingerprint density at radius 1 is 1.56 bits per heavy atom. The van der Waals surface area contributed by atoms with E-state index in [9.17, 15) is 9.90 Å². The van der Waals surface area contributed by atoms with Crippen molar-refractivity contribution in [3.8, 4) is 5.75 Å². The van der Waals surface area contributed by atoms with Crippen LogP contribution in [0, 0.1) is 0 Å². The summed E-state index contributed by atoms with van der Waals surface area (Å²) in [4.78, 5) is 17.8. The lowest BCUT2D eigenvalue weighted by molar-refractivity contribution is 0.0356. The molecule has 0 aliphatic rings. The highest BCUT2D eigenvalue weighted by Gasteiger charge is 2.21. The summed E-state index contributed by atoms with van der Waals surface area (Å²) in [7, 11) is 2.96. The Morgan fingerprint density at radius 3 is 2.89 bits per heavy atom. The molecule has 0 fully saturated rings. The minimum atomic E-state index is -0.953. The zero-order valence-corrected chi connectivity index (χ0v) is 10.8. The fraction of sp³-hybridized carbons (Fsp3) is 0.636. The van der Waals surface area contributed by atoms with Crippen LogP contribution in [0.25, 0.3) is 0 Å². The third-order valence-electron chi connectivity index (χ3n) is 2.50. The molecule has 7 heteroatoms. The van der Waals surface area contributed by atoms with E-state index in [1.165, 1.54) is 13.4 Å². The molecular formula is C11H19N3O4. The molecule has 1 unspecified atom stereocenters. The molecule has 1 rings (SSSR count). The molecule has 1 aromatic rings. The lowest BCUT2D eigenvalue weighted by Gasteiger charge is -2.23. The summed E-state index contributed by atoms with van der Waals surface area (Å²) in [6.07, 6.45) is 1.75. The van der Waals surface area contributed by atoms with Crippen LogP contribution in [0.5, 0.6) is 5.75 Å². The maximum Gasteiger partial charge on any atom is 0.295 e. The standard InChI is InChI=1S/C11H19N3O4/c1-11(16,4-5-17-2)6-12-9-8(18-3)10(15)14-7-13-9/h7,16H,4-6H2,1-3H3,(H2,12,13,14,15). The number of hydrogen-bond donors (Lipinski definition) is 3. The number of nitrogens with zero attached hydrogens (tertiary/aromatic N) is 1. The number of nitrogens with one attached hydrogen (secondary N) is 2. The molecule has 7 nitrogen and oxygen atoms in total. The van der Waals surface area contributed by atoms with Crippen molar-refractivity contribution in [1.82, 2.24) is 9.97 Å². The van der Waals surface area contributed by atoms with Gasteiger partial charge in [0.25, 0.3) is 5.56 Å². The third-order valence-corrected chi connectivity index (χ3v) is 2.50. The first-order valence-corrected chi connectivity index (χ1v) is 5.57. The minimum Gasteiger partial charge on any atom is -0.489 e. The molecule has 0 radical (unpaired) electrons. The zero-order valence-electron chi connectivity index (χ0n) is 10.8. The minimum absolute atomic E-state index is 0.0973. The molecule has 102 valence electrons. The molecule has 0 saturated carbocycles. The Labute approximate surface area is 105 Å². The Bertz CT molecular complexity index is 431. The van der Waals surface area contributed by atoms with Crippen LogP contribution in [-0.2, 0) is 4.74 Å². The van der Waals surface area contributed by atoms with Crippen LogP contribution in [0.4, 0.5) is 5.82 Å². The molecule has 1 aromatic heterocycles. The van der Waals surface area contributed by atoms with E-state index in [4.69, 9.17) is 9.47 Å². The van der Waals surface area contributed by atoms with Gasteiger partial charge in [-0.3, -0.25) is 4.79 Å². The van der Waals surface area contributed by atoms with E-state index in [-0.39, 0.29) is 17.9 Å². The van der Waals surface area contributed by atoms with Crippen molar-refractivity contribution in [3.05, 3.63) is 16.7 Å². The number of aliphatic hydroxyl groups is 1. The van der Waals surface area contributed by atoms with Crippen molar-refractivity contribution in [2.24, 2.45) is 0 Å². The second kappa shape index (κ2) is 6.36. The summed E-state index contributed by atoms with van der Waals surface area (Å²) in [5, 5.41) is 12.9.